The van der Waals surface area contributed by atoms with Gasteiger partial charge in [-0.3, -0.25) is 9.59 Å². The molecule has 1 unspecified atom stereocenters. The van der Waals surface area contributed by atoms with E-state index in [2.05, 4.69) is 26.3 Å². The Balaban J connectivity index is 1.35. The Morgan fingerprint density at radius 2 is 1.91 bits per heavy atom. The average molecular weight is 442 g/mol. The Kier molecular flexibility index (Phi) is 5.77. The van der Waals surface area contributed by atoms with Crippen molar-refractivity contribution in [1.82, 2.24) is 9.97 Å². The van der Waals surface area contributed by atoms with Crippen LogP contribution in [0.25, 0.3) is 0 Å². The van der Waals surface area contributed by atoms with E-state index in [-0.39, 0.29) is 17.7 Å². The number of hydrogen-bond acceptors (Lipinski definition) is 5. The second-order valence-corrected chi connectivity index (χ2v) is 8.65. The van der Waals surface area contributed by atoms with Crippen LogP contribution in [-0.4, -0.2) is 41.4 Å². The number of rotatable bonds is 4. The van der Waals surface area contributed by atoms with Crippen molar-refractivity contribution in [2.75, 3.05) is 34.8 Å². The number of para-hydroxylation sites is 1. The molecule has 0 bridgehead atoms. The summed E-state index contributed by atoms with van der Waals surface area (Å²) < 4.78 is 0. The summed E-state index contributed by atoms with van der Waals surface area (Å²) in [5, 5.41) is 2.95. The van der Waals surface area contributed by atoms with E-state index < -0.39 is 0 Å². The lowest BCUT2D eigenvalue weighted by molar-refractivity contribution is -0.120. The van der Waals surface area contributed by atoms with E-state index in [1.807, 2.05) is 48.2 Å². The van der Waals surface area contributed by atoms with Crippen molar-refractivity contribution in [3.63, 3.8) is 0 Å². The Hall–Kier alpha value is -3.74. The van der Waals surface area contributed by atoms with Crippen molar-refractivity contribution in [2.45, 2.75) is 26.2 Å². The van der Waals surface area contributed by atoms with Crippen LogP contribution in [0.1, 0.15) is 34.5 Å². The largest absolute Gasteiger partial charge is 0.355 e. The molecule has 33 heavy (non-hydrogen) atoms. The monoisotopic (exact) mass is 441 g/mol. The van der Waals surface area contributed by atoms with Crippen molar-refractivity contribution in [3.05, 3.63) is 77.6 Å². The van der Waals surface area contributed by atoms with Gasteiger partial charge in [0.2, 0.25) is 5.91 Å². The minimum Gasteiger partial charge on any atom is -0.355 e. The molecule has 7 heteroatoms. The zero-order chi connectivity index (χ0) is 22.8. The predicted molar refractivity (Wildman–Crippen MR) is 129 cm³/mol. The third kappa shape index (κ3) is 4.31. The van der Waals surface area contributed by atoms with E-state index in [9.17, 15) is 9.59 Å². The molecule has 0 saturated carbocycles. The minimum atomic E-state index is -0.196. The molecule has 5 rings (SSSR count). The Bertz CT molecular complexity index is 1190. The number of hydrogen-bond donors (Lipinski definition) is 1. The van der Waals surface area contributed by atoms with E-state index in [4.69, 9.17) is 0 Å². The summed E-state index contributed by atoms with van der Waals surface area (Å²) in [5.41, 5.74) is 3.60. The first-order valence-electron chi connectivity index (χ1n) is 11.4. The van der Waals surface area contributed by atoms with Gasteiger partial charge in [0, 0.05) is 37.2 Å². The van der Waals surface area contributed by atoms with Crippen LogP contribution < -0.4 is 15.1 Å². The summed E-state index contributed by atoms with van der Waals surface area (Å²) in [6, 6.07) is 17.3. The van der Waals surface area contributed by atoms with E-state index in [0.29, 0.717) is 30.3 Å². The van der Waals surface area contributed by atoms with Gasteiger partial charge in [0.25, 0.3) is 5.91 Å². The molecule has 0 radical (unpaired) electrons. The molecule has 2 aliphatic rings. The average Bonchev–Trinajstić information content (AvgIpc) is 3.28. The number of aromatic nitrogens is 2. The third-order valence-corrected chi connectivity index (χ3v) is 6.38. The van der Waals surface area contributed by atoms with Gasteiger partial charge >= 0.3 is 0 Å². The summed E-state index contributed by atoms with van der Waals surface area (Å²) in [7, 11) is 0. The molecule has 2 aromatic heterocycles. The highest BCUT2D eigenvalue weighted by atomic mass is 16.2. The highest BCUT2D eigenvalue weighted by molar-refractivity contribution is 6.10. The first-order chi connectivity index (χ1) is 16.1. The molecule has 1 aromatic carbocycles. The zero-order valence-corrected chi connectivity index (χ0v) is 18.7. The molecular weight excluding hydrogens is 414 g/mol. The molecule has 7 nitrogen and oxygen atoms in total. The Morgan fingerprint density at radius 3 is 2.79 bits per heavy atom. The number of nitrogens with one attached hydrogen (secondary N) is 1. The lowest BCUT2D eigenvalue weighted by Crippen LogP contribution is -2.42. The van der Waals surface area contributed by atoms with Gasteiger partial charge in [-0.1, -0.05) is 24.3 Å². The van der Waals surface area contributed by atoms with Gasteiger partial charge in [0.1, 0.15) is 11.6 Å². The topological polar surface area (TPSA) is 78.4 Å². The molecule has 1 atom stereocenters. The van der Waals surface area contributed by atoms with Gasteiger partial charge in [-0.2, -0.15) is 0 Å². The van der Waals surface area contributed by atoms with Gasteiger partial charge in [0.15, 0.2) is 0 Å². The summed E-state index contributed by atoms with van der Waals surface area (Å²) in [6.07, 6.45) is 4.22. The number of amides is 2. The van der Waals surface area contributed by atoms with Crippen LogP contribution in [0, 0.1) is 12.8 Å². The number of aryl methyl sites for hydroxylation is 1. The lowest BCUT2D eigenvalue weighted by atomic mass is 9.96. The number of nitrogens with zero attached hydrogens (tertiary/aromatic N) is 4. The van der Waals surface area contributed by atoms with Crippen LogP contribution in [0.4, 0.5) is 17.3 Å². The molecule has 2 aliphatic heterocycles. The minimum absolute atomic E-state index is 0.0430. The maximum atomic E-state index is 13.5. The smallest absolute Gasteiger partial charge is 0.262 e. The van der Waals surface area contributed by atoms with Gasteiger partial charge in [-0.15, -0.1) is 0 Å². The highest BCUT2D eigenvalue weighted by Crippen LogP contribution is 2.32. The van der Waals surface area contributed by atoms with Crippen LogP contribution in [0.2, 0.25) is 0 Å². The maximum absolute atomic E-state index is 13.5. The molecule has 1 N–H and O–H groups in total. The number of anilines is 3. The fourth-order valence-electron chi connectivity index (χ4n) is 4.73. The molecule has 3 aromatic rings. The molecule has 168 valence electrons. The number of carbonyl (C=O) groups is 2. The predicted octanol–water partition coefficient (Wildman–Crippen LogP) is 3.84. The SMILES string of the molecule is Cc1cccc(NC(=O)C2CCCN(c3ncccc3C(=O)N3CCc4ccccc43)C2)n1. The fourth-order valence-corrected chi connectivity index (χ4v) is 4.73. The maximum Gasteiger partial charge on any atom is 0.262 e. The third-order valence-electron chi connectivity index (χ3n) is 6.38. The normalized spacial score (nSPS) is 17.5. The van der Waals surface area contributed by atoms with Crippen LogP contribution >= 0.6 is 0 Å². The number of carbonyl (C=O) groups excluding carboxylic acids is 2. The van der Waals surface area contributed by atoms with Crippen molar-refractivity contribution in [3.8, 4) is 0 Å². The summed E-state index contributed by atoms with van der Waals surface area (Å²) >= 11 is 0. The highest BCUT2D eigenvalue weighted by Gasteiger charge is 2.31. The zero-order valence-electron chi connectivity index (χ0n) is 18.7. The second-order valence-electron chi connectivity index (χ2n) is 8.65. The summed E-state index contributed by atoms with van der Waals surface area (Å²) in [6.45, 7) is 3.85. The van der Waals surface area contributed by atoms with Crippen molar-refractivity contribution >= 4 is 29.1 Å². The fraction of sp³-hybridized carbons (Fsp3) is 0.308. The van der Waals surface area contributed by atoms with Crippen LogP contribution in [-0.2, 0) is 11.2 Å². The number of fused-ring (bicyclic) bond motifs is 1. The first-order valence-corrected chi connectivity index (χ1v) is 11.4. The molecular formula is C26H27N5O2. The van der Waals surface area contributed by atoms with E-state index >= 15 is 0 Å². The second kappa shape index (κ2) is 9.02. The summed E-state index contributed by atoms with van der Waals surface area (Å²) in [5.74, 6) is 0.934. The Labute approximate surface area is 193 Å². The molecule has 1 fully saturated rings. The van der Waals surface area contributed by atoms with Gasteiger partial charge < -0.3 is 15.1 Å². The molecule has 0 aliphatic carbocycles. The summed E-state index contributed by atoms with van der Waals surface area (Å²) in [4.78, 5) is 39.3. The van der Waals surface area contributed by atoms with E-state index in [1.54, 1.807) is 18.3 Å². The van der Waals surface area contributed by atoms with Gasteiger partial charge in [-0.05, 0) is 62.1 Å². The van der Waals surface area contributed by atoms with E-state index in [1.165, 1.54) is 5.56 Å². The first kappa shape index (κ1) is 21.1. The Morgan fingerprint density at radius 1 is 1.03 bits per heavy atom. The van der Waals surface area contributed by atoms with Crippen molar-refractivity contribution < 1.29 is 9.59 Å². The number of pyridine rings is 2. The van der Waals surface area contributed by atoms with E-state index in [0.717, 1.165) is 37.2 Å². The molecule has 2 amide bonds. The van der Waals surface area contributed by atoms with Gasteiger partial charge in [-0.25, -0.2) is 9.97 Å². The van der Waals surface area contributed by atoms with Crippen molar-refractivity contribution in [1.29, 1.82) is 0 Å². The van der Waals surface area contributed by atoms with Gasteiger partial charge in [0.05, 0.1) is 11.5 Å². The molecule has 0 spiro atoms. The quantitative estimate of drug-likeness (QED) is 0.666. The van der Waals surface area contributed by atoms with Crippen LogP contribution in [0.15, 0.2) is 60.8 Å². The lowest BCUT2D eigenvalue weighted by Gasteiger charge is -2.34. The van der Waals surface area contributed by atoms with Crippen LogP contribution in [0.5, 0.6) is 0 Å². The standard InChI is InChI=1S/C26H27N5O2/c1-18-7-4-12-23(28-18)29-25(32)20-9-6-15-30(17-20)24-21(10-5-14-27-24)26(33)31-16-13-19-8-2-3-11-22(19)31/h2-5,7-8,10-12,14,20H,6,9,13,15-17H2,1H3,(H,28,29,32). The molecule has 1 saturated heterocycles. The van der Waals surface area contributed by atoms with Crippen molar-refractivity contribution in [2.24, 2.45) is 5.92 Å². The molecule has 4 heterocycles. The van der Waals surface area contributed by atoms with Crippen LogP contribution in [0.3, 0.4) is 0 Å². The number of piperidine rings is 1. The number of benzene rings is 1.